The maximum Gasteiger partial charge on any atom is 1.00 e. The molecule has 13 heteroatoms. The summed E-state index contributed by atoms with van der Waals surface area (Å²) in [6, 6.07) is 21.2. The number of aryl methyl sites for hydroxylation is 1. The van der Waals surface area contributed by atoms with E-state index in [0.717, 1.165) is 22.4 Å². The summed E-state index contributed by atoms with van der Waals surface area (Å²) in [5, 5.41) is 1.65. The van der Waals surface area contributed by atoms with Crippen LogP contribution in [0, 0.1) is 6.92 Å². The van der Waals surface area contributed by atoms with Crippen LogP contribution in [0.2, 0.25) is 0 Å². The molecule has 0 unspecified atom stereocenters. The Kier molecular flexibility index (Phi) is 9.49. The molecule has 0 saturated carbocycles. The number of rotatable bonds is 9. The number of esters is 1. The van der Waals surface area contributed by atoms with E-state index >= 15 is 0 Å². The smallest absolute Gasteiger partial charge is 1.00 e. The van der Waals surface area contributed by atoms with Gasteiger partial charge >= 0.3 is 69.1 Å². The van der Waals surface area contributed by atoms with Gasteiger partial charge in [-0.25, -0.2) is 14.4 Å². The van der Waals surface area contributed by atoms with Crippen LogP contribution in [0.1, 0.15) is 35.8 Å². The van der Waals surface area contributed by atoms with Gasteiger partial charge in [-0.3, -0.25) is 9.58 Å². The van der Waals surface area contributed by atoms with Gasteiger partial charge in [-0.05, 0) is 43.2 Å². The van der Waals surface area contributed by atoms with Crippen molar-refractivity contribution in [3.63, 3.8) is 0 Å². The molecule has 0 bridgehead atoms. The van der Waals surface area contributed by atoms with E-state index in [9.17, 15) is 14.4 Å². The van der Waals surface area contributed by atoms with E-state index in [1.54, 1.807) is 30.1 Å². The fourth-order valence-corrected chi connectivity index (χ4v) is 4.79. The summed E-state index contributed by atoms with van der Waals surface area (Å²) in [5.74, 6) is -1.43. The van der Waals surface area contributed by atoms with Gasteiger partial charge in [0.2, 0.25) is 0 Å². The second kappa shape index (κ2) is 13.3. The molecule has 1 aliphatic heterocycles. The van der Waals surface area contributed by atoms with Crippen molar-refractivity contribution >= 4 is 28.7 Å². The number of imidazole rings is 1. The number of ether oxygens (including phenoxy) is 2. The van der Waals surface area contributed by atoms with Crippen molar-refractivity contribution in [1.29, 1.82) is 0 Å². The molecule has 0 aliphatic carbocycles. The van der Waals surface area contributed by atoms with Crippen LogP contribution in [0.25, 0.3) is 22.2 Å². The summed E-state index contributed by atoms with van der Waals surface area (Å²) in [6.07, 6.45) is 0. The number of carbonyl (C=O) groups is 2. The molecule has 1 saturated heterocycles. The molecule has 12 nitrogen and oxygen atoms in total. The number of para-hydroxylation sites is 2. The summed E-state index contributed by atoms with van der Waals surface area (Å²) >= 11 is 0. The van der Waals surface area contributed by atoms with Crippen molar-refractivity contribution in [3.05, 3.63) is 100.0 Å². The maximum atomic E-state index is 13.2. The number of hydrogen-bond acceptors (Lipinski definition) is 11. The monoisotopic (exact) mass is 610 g/mol. The number of aromatic nitrogens is 2. The van der Waals surface area contributed by atoms with Crippen molar-refractivity contribution in [2.75, 3.05) is 18.2 Å². The number of carbonyl (C=O) groups excluding carboxylic acids is 2. The van der Waals surface area contributed by atoms with Crippen molar-refractivity contribution in [1.82, 2.24) is 15.1 Å². The molecular weight excluding hydrogens is 583 g/mol. The van der Waals surface area contributed by atoms with Gasteiger partial charge in [-0.2, -0.15) is 4.98 Å². The van der Waals surface area contributed by atoms with Gasteiger partial charge in [0, 0.05) is 5.56 Å². The number of nitrogens with zero attached hydrogens (tertiary/aromatic N) is 3. The van der Waals surface area contributed by atoms with Gasteiger partial charge in [0.05, 0.1) is 35.4 Å². The first-order valence-electron chi connectivity index (χ1n) is 13.2. The van der Waals surface area contributed by atoms with E-state index in [2.05, 4.69) is 10.6 Å². The molecule has 3 aromatic carbocycles. The van der Waals surface area contributed by atoms with Gasteiger partial charge in [-0.1, -0.05) is 54.1 Å². The Labute approximate surface area is 289 Å². The van der Waals surface area contributed by atoms with Crippen LogP contribution < -0.4 is 72.5 Å². The average molecular weight is 611 g/mol. The molecule has 216 valence electrons. The Bertz CT molecular complexity index is 1850. The molecule has 0 atom stereocenters. The molecule has 5 aromatic rings. The molecule has 2 aromatic heterocycles. The van der Waals surface area contributed by atoms with E-state index in [4.69, 9.17) is 23.1 Å². The Balaban J connectivity index is 0.00000221. The van der Waals surface area contributed by atoms with Crippen molar-refractivity contribution < 1.29 is 85.5 Å². The number of hydrogen-bond donors (Lipinski definition) is 1. The SMILES string of the molecule is CCOc1nc2cccc(C(=O)OCc3oc(=O)oc3C)c2n1Cc1ccc(-c2ccccc2N2CC(=O)ON2)cc1.[H-].[K+]. The zero-order chi connectivity index (χ0) is 29.2. The first-order chi connectivity index (χ1) is 20.4. The van der Waals surface area contributed by atoms with E-state index in [0.29, 0.717) is 30.2 Å². The maximum absolute atomic E-state index is 13.2. The Morgan fingerprint density at radius 1 is 1.05 bits per heavy atom. The third-order valence-corrected chi connectivity index (χ3v) is 6.75. The van der Waals surface area contributed by atoms with Gasteiger partial charge < -0.3 is 24.6 Å². The third kappa shape index (κ3) is 6.46. The largest absolute Gasteiger partial charge is 1.00 e. The molecule has 1 aliphatic rings. The fourth-order valence-electron chi connectivity index (χ4n) is 4.79. The topological polar surface area (TPSA) is 138 Å². The molecule has 1 fully saturated rings. The van der Waals surface area contributed by atoms with E-state index in [1.165, 1.54) is 0 Å². The third-order valence-electron chi connectivity index (χ3n) is 6.75. The number of fused-ring (bicyclic) bond motifs is 1. The quantitative estimate of drug-likeness (QED) is 0.191. The number of hydrazine groups is 1. The number of benzene rings is 3. The van der Waals surface area contributed by atoms with E-state index in [-0.39, 0.29) is 89.0 Å². The van der Waals surface area contributed by atoms with Crippen LogP contribution in [-0.2, 0) is 27.5 Å². The molecular formula is C30H27KN4O8. The van der Waals surface area contributed by atoms with Gasteiger partial charge in [0.1, 0.15) is 6.54 Å². The summed E-state index contributed by atoms with van der Waals surface area (Å²) in [7, 11) is 0. The summed E-state index contributed by atoms with van der Waals surface area (Å²) < 4.78 is 22.9. The first kappa shape index (κ1) is 30.7. The van der Waals surface area contributed by atoms with Crippen molar-refractivity contribution in [3.8, 4) is 17.1 Å². The van der Waals surface area contributed by atoms with Crippen LogP contribution in [0.15, 0.2) is 80.4 Å². The molecule has 0 amide bonds. The van der Waals surface area contributed by atoms with Gasteiger partial charge in [0.15, 0.2) is 18.1 Å². The summed E-state index contributed by atoms with van der Waals surface area (Å²) in [5.41, 5.74) is 7.67. The minimum atomic E-state index is -0.855. The average Bonchev–Trinajstić information content (AvgIpc) is 3.68. The molecule has 0 radical (unpaired) electrons. The minimum Gasteiger partial charge on any atom is -1.00 e. The predicted octanol–water partition coefficient (Wildman–Crippen LogP) is 1.26. The second-order valence-corrected chi connectivity index (χ2v) is 9.46. The zero-order valence-electron chi connectivity index (χ0n) is 24.8. The molecule has 43 heavy (non-hydrogen) atoms. The molecule has 0 spiro atoms. The number of nitrogens with one attached hydrogen (secondary N) is 1. The summed E-state index contributed by atoms with van der Waals surface area (Å²) in [6.45, 7) is 4.01. The molecule has 6 rings (SSSR count). The normalized spacial score (nSPS) is 12.7. The zero-order valence-corrected chi connectivity index (χ0v) is 26.9. The fraction of sp³-hybridized carbons (Fsp3) is 0.200. The van der Waals surface area contributed by atoms with Crippen LogP contribution in [0.4, 0.5) is 5.69 Å². The van der Waals surface area contributed by atoms with Crippen LogP contribution in [-0.4, -0.2) is 34.6 Å². The standard InChI is InChI=1S/C30H26N4O8.K.H/c1-3-38-29-31-23-9-6-8-22(28(36)39-17-25-18(2)40-30(37)41-25)27(23)33(29)15-19-11-13-20(14-12-19)21-7-4-5-10-24(21)34-16-26(35)42-32-34;;/h4-14,32H,3,15-17H2,1-2H3;;/q;+1;-1. The molecule has 1 N–H and O–H groups in total. The summed E-state index contributed by atoms with van der Waals surface area (Å²) in [4.78, 5) is 45.7. The van der Waals surface area contributed by atoms with Crippen LogP contribution in [0.5, 0.6) is 6.01 Å². The minimum absolute atomic E-state index is 0. The molecule has 3 heterocycles. The van der Waals surface area contributed by atoms with E-state index in [1.807, 2.05) is 60.0 Å². The van der Waals surface area contributed by atoms with Crippen LogP contribution >= 0.6 is 0 Å². The van der Waals surface area contributed by atoms with Crippen molar-refractivity contribution in [2.24, 2.45) is 0 Å². The Morgan fingerprint density at radius 2 is 1.84 bits per heavy atom. The Morgan fingerprint density at radius 3 is 2.53 bits per heavy atom. The first-order valence-corrected chi connectivity index (χ1v) is 13.2. The van der Waals surface area contributed by atoms with Gasteiger partial charge in [-0.15, -0.1) is 0 Å². The number of anilines is 1. The van der Waals surface area contributed by atoms with Crippen LogP contribution in [0.3, 0.4) is 0 Å². The predicted molar refractivity (Wildman–Crippen MR) is 151 cm³/mol. The van der Waals surface area contributed by atoms with Gasteiger partial charge in [0.25, 0.3) is 6.01 Å². The Hall–Kier alpha value is -3.72. The second-order valence-electron chi connectivity index (χ2n) is 9.46. The van der Waals surface area contributed by atoms with Crippen molar-refractivity contribution in [2.45, 2.75) is 27.0 Å². The van der Waals surface area contributed by atoms with E-state index < -0.39 is 11.8 Å².